The first-order valence-electron chi connectivity index (χ1n) is 11.0. The highest BCUT2D eigenvalue weighted by Crippen LogP contribution is 2.28. The number of aryl methyl sites for hydroxylation is 2. The summed E-state index contributed by atoms with van der Waals surface area (Å²) in [4.78, 5) is 34.6. The van der Waals surface area contributed by atoms with Crippen molar-refractivity contribution in [3.8, 4) is 11.3 Å². The third kappa shape index (κ3) is 4.49. The van der Waals surface area contributed by atoms with Gasteiger partial charge in [0, 0.05) is 41.9 Å². The highest BCUT2D eigenvalue weighted by atomic mass is 16.2. The fourth-order valence-electron chi connectivity index (χ4n) is 3.96. The molecule has 0 fully saturated rings. The van der Waals surface area contributed by atoms with Gasteiger partial charge >= 0.3 is 0 Å². The Morgan fingerprint density at radius 2 is 1.51 bits per heavy atom. The van der Waals surface area contributed by atoms with Crippen LogP contribution in [0.15, 0.2) is 85.2 Å². The van der Waals surface area contributed by atoms with E-state index in [1.54, 1.807) is 59.5 Å². The van der Waals surface area contributed by atoms with Crippen molar-refractivity contribution in [3.05, 3.63) is 102 Å². The summed E-state index contributed by atoms with van der Waals surface area (Å²) in [5.74, 6) is -0.548. The van der Waals surface area contributed by atoms with Crippen LogP contribution in [-0.2, 0) is 7.05 Å². The third-order valence-electron chi connectivity index (χ3n) is 5.60. The molecule has 35 heavy (non-hydrogen) atoms. The summed E-state index contributed by atoms with van der Waals surface area (Å²) in [6.45, 7) is 1.86. The number of hydrogen-bond donors (Lipinski definition) is 2. The van der Waals surface area contributed by atoms with E-state index in [4.69, 9.17) is 4.98 Å². The van der Waals surface area contributed by atoms with E-state index < -0.39 is 0 Å². The number of benzene rings is 2. The van der Waals surface area contributed by atoms with Crippen molar-refractivity contribution >= 4 is 34.2 Å². The molecule has 0 aliphatic carbocycles. The van der Waals surface area contributed by atoms with Gasteiger partial charge in [-0.15, -0.1) is 0 Å². The van der Waals surface area contributed by atoms with Crippen molar-refractivity contribution < 1.29 is 9.59 Å². The van der Waals surface area contributed by atoms with E-state index in [0.717, 1.165) is 11.3 Å². The minimum Gasteiger partial charge on any atom is -0.322 e. The summed E-state index contributed by atoms with van der Waals surface area (Å²) >= 11 is 0. The molecule has 172 valence electrons. The topological polar surface area (TPSA) is 102 Å². The molecule has 5 rings (SSSR count). The molecule has 8 heteroatoms. The molecule has 2 aromatic carbocycles. The predicted octanol–water partition coefficient (Wildman–Crippen LogP) is 4.84. The Kier molecular flexibility index (Phi) is 5.76. The van der Waals surface area contributed by atoms with Crippen LogP contribution in [-0.4, -0.2) is 31.6 Å². The van der Waals surface area contributed by atoms with Gasteiger partial charge < -0.3 is 10.6 Å². The van der Waals surface area contributed by atoms with E-state index in [0.29, 0.717) is 39.2 Å². The van der Waals surface area contributed by atoms with Crippen LogP contribution in [0, 0.1) is 6.92 Å². The largest absolute Gasteiger partial charge is 0.322 e. The summed E-state index contributed by atoms with van der Waals surface area (Å²) in [7, 11) is 1.81. The van der Waals surface area contributed by atoms with Gasteiger partial charge in [-0.1, -0.05) is 36.4 Å². The molecule has 5 aromatic rings. The zero-order valence-corrected chi connectivity index (χ0v) is 19.2. The van der Waals surface area contributed by atoms with Crippen LogP contribution in [0.2, 0.25) is 0 Å². The van der Waals surface area contributed by atoms with Gasteiger partial charge in [0.15, 0.2) is 5.65 Å². The number of nitrogens with one attached hydrogen (secondary N) is 2. The first-order valence-corrected chi connectivity index (χ1v) is 11.0. The molecule has 0 saturated heterocycles. The number of hydrogen-bond acceptors (Lipinski definition) is 5. The van der Waals surface area contributed by atoms with Crippen LogP contribution in [0.4, 0.5) is 11.4 Å². The monoisotopic (exact) mass is 462 g/mol. The molecule has 2 amide bonds. The number of rotatable bonds is 5. The maximum Gasteiger partial charge on any atom is 0.256 e. The Bertz CT molecular complexity index is 1540. The standard InChI is InChI=1S/C27H22N6O2/c1-17-24-22(16-23(18-7-4-3-5-8-18)31-25(24)33(2)32-17)27(35)30-21-10-6-9-20(15-21)29-26(34)19-11-13-28-14-12-19/h3-16H,1-2H3,(H,29,34)(H,30,35). The number of carbonyl (C=O) groups excluding carboxylic acids is 2. The average Bonchev–Trinajstić information content (AvgIpc) is 3.18. The van der Waals surface area contributed by atoms with Crippen molar-refractivity contribution in [3.63, 3.8) is 0 Å². The van der Waals surface area contributed by atoms with Crippen molar-refractivity contribution in [1.29, 1.82) is 0 Å². The van der Waals surface area contributed by atoms with Crippen molar-refractivity contribution in [2.45, 2.75) is 6.92 Å². The first-order chi connectivity index (χ1) is 17.0. The van der Waals surface area contributed by atoms with Gasteiger partial charge in [0.1, 0.15) is 0 Å². The molecule has 2 N–H and O–H groups in total. The lowest BCUT2D eigenvalue weighted by Crippen LogP contribution is -2.15. The molecule has 3 heterocycles. The van der Waals surface area contributed by atoms with E-state index in [9.17, 15) is 9.59 Å². The summed E-state index contributed by atoms with van der Waals surface area (Å²) < 4.78 is 1.68. The molecule has 0 radical (unpaired) electrons. The molecule has 0 spiro atoms. The minimum absolute atomic E-state index is 0.259. The summed E-state index contributed by atoms with van der Waals surface area (Å²) in [6, 6.07) is 21.8. The molecular weight excluding hydrogens is 440 g/mol. The molecule has 0 bridgehead atoms. The summed E-state index contributed by atoms with van der Waals surface area (Å²) in [6.07, 6.45) is 3.12. The Morgan fingerprint density at radius 1 is 0.829 bits per heavy atom. The fraction of sp³-hybridized carbons (Fsp3) is 0.0741. The number of anilines is 2. The number of aromatic nitrogens is 4. The number of carbonyl (C=O) groups is 2. The van der Waals surface area contributed by atoms with Gasteiger partial charge in [-0.3, -0.25) is 19.3 Å². The maximum atomic E-state index is 13.5. The van der Waals surface area contributed by atoms with Crippen molar-refractivity contribution in [2.75, 3.05) is 10.6 Å². The second-order valence-corrected chi connectivity index (χ2v) is 8.05. The van der Waals surface area contributed by atoms with Gasteiger partial charge in [-0.05, 0) is 43.3 Å². The predicted molar refractivity (Wildman–Crippen MR) is 135 cm³/mol. The van der Waals surface area contributed by atoms with Crippen LogP contribution in [0.1, 0.15) is 26.4 Å². The van der Waals surface area contributed by atoms with Gasteiger partial charge in [0.2, 0.25) is 0 Å². The van der Waals surface area contributed by atoms with E-state index in [1.807, 2.05) is 44.3 Å². The Morgan fingerprint density at radius 3 is 2.23 bits per heavy atom. The smallest absolute Gasteiger partial charge is 0.256 e. The molecule has 0 unspecified atom stereocenters. The van der Waals surface area contributed by atoms with Crippen molar-refractivity contribution in [1.82, 2.24) is 19.7 Å². The number of amides is 2. The highest BCUT2D eigenvalue weighted by Gasteiger charge is 2.19. The van der Waals surface area contributed by atoms with Crippen LogP contribution >= 0.6 is 0 Å². The van der Waals surface area contributed by atoms with E-state index in [1.165, 1.54) is 0 Å². The van der Waals surface area contributed by atoms with Crippen LogP contribution < -0.4 is 10.6 Å². The Hall–Kier alpha value is -4.85. The van der Waals surface area contributed by atoms with E-state index >= 15 is 0 Å². The van der Waals surface area contributed by atoms with E-state index in [2.05, 4.69) is 20.7 Å². The van der Waals surface area contributed by atoms with Crippen LogP contribution in [0.5, 0.6) is 0 Å². The molecule has 0 aliphatic heterocycles. The first kappa shape index (κ1) is 22.0. The maximum absolute atomic E-state index is 13.5. The lowest BCUT2D eigenvalue weighted by atomic mass is 10.0. The number of pyridine rings is 2. The molecular formula is C27H22N6O2. The van der Waals surface area contributed by atoms with Gasteiger partial charge in [-0.2, -0.15) is 5.10 Å². The number of fused-ring (bicyclic) bond motifs is 1. The molecule has 3 aromatic heterocycles. The third-order valence-corrected chi connectivity index (χ3v) is 5.60. The normalized spacial score (nSPS) is 10.8. The molecule has 0 saturated carbocycles. The molecule has 0 aliphatic rings. The zero-order valence-electron chi connectivity index (χ0n) is 19.2. The van der Waals surface area contributed by atoms with Crippen LogP contribution in [0.3, 0.4) is 0 Å². The summed E-state index contributed by atoms with van der Waals surface area (Å²) in [5.41, 5.74) is 5.03. The second kappa shape index (κ2) is 9.18. The second-order valence-electron chi connectivity index (χ2n) is 8.05. The van der Waals surface area contributed by atoms with Gasteiger partial charge in [0.25, 0.3) is 11.8 Å². The van der Waals surface area contributed by atoms with E-state index in [-0.39, 0.29) is 11.8 Å². The number of nitrogens with zero attached hydrogens (tertiary/aromatic N) is 4. The lowest BCUT2D eigenvalue weighted by Gasteiger charge is -2.11. The summed E-state index contributed by atoms with van der Waals surface area (Å²) in [5, 5.41) is 11.0. The quantitative estimate of drug-likeness (QED) is 0.389. The van der Waals surface area contributed by atoms with Gasteiger partial charge in [-0.25, -0.2) is 4.98 Å². The van der Waals surface area contributed by atoms with Crippen molar-refractivity contribution in [2.24, 2.45) is 7.05 Å². The highest BCUT2D eigenvalue weighted by molar-refractivity contribution is 6.13. The van der Waals surface area contributed by atoms with Crippen LogP contribution in [0.25, 0.3) is 22.3 Å². The average molecular weight is 463 g/mol. The Labute approximate surface area is 201 Å². The Balaban J connectivity index is 1.46. The minimum atomic E-state index is -0.289. The fourth-order valence-corrected chi connectivity index (χ4v) is 3.96. The lowest BCUT2D eigenvalue weighted by molar-refractivity contribution is 0.102. The zero-order chi connectivity index (χ0) is 24.4. The van der Waals surface area contributed by atoms with Gasteiger partial charge in [0.05, 0.1) is 22.3 Å². The SMILES string of the molecule is Cc1nn(C)c2nc(-c3ccccc3)cc(C(=O)Nc3cccc(NC(=O)c4ccncc4)c3)c12. The molecule has 0 atom stereocenters. The molecule has 8 nitrogen and oxygen atoms in total.